The molecule has 0 aliphatic carbocycles. The summed E-state index contributed by atoms with van der Waals surface area (Å²) < 4.78 is 7.92. The molecular weight excluding hydrogens is 252 g/mol. The molecular formula is C15H20N4O. The van der Waals surface area contributed by atoms with Crippen LogP contribution in [0.2, 0.25) is 0 Å². The van der Waals surface area contributed by atoms with Gasteiger partial charge in [-0.25, -0.2) is 0 Å². The van der Waals surface area contributed by atoms with Crippen LogP contribution in [0, 0.1) is 0 Å². The summed E-state index contributed by atoms with van der Waals surface area (Å²) in [6.07, 6.45) is 3.88. The van der Waals surface area contributed by atoms with Crippen LogP contribution in [0.4, 0.5) is 5.69 Å². The Morgan fingerprint density at radius 3 is 3.00 bits per heavy atom. The number of aromatic nitrogens is 3. The van der Waals surface area contributed by atoms with Gasteiger partial charge in [0.15, 0.2) is 0 Å². The molecule has 0 bridgehead atoms. The number of fused-ring (bicyclic) bond motifs is 1. The second-order valence-corrected chi connectivity index (χ2v) is 5.86. The van der Waals surface area contributed by atoms with Crippen LogP contribution in [-0.4, -0.2) is 20.6 Å². The third-order valence-corrected chi connectivity index (χ3v) is 3.74. The summed E-state index contributed by atoms with van der Waals surface area (Å²) >= 11 is 0. The molecule has 2 aromatic rings. The molecule has 0 fully saturated rings. The highest BCUT2D eigenvalue weighted by Gasteiger charge is 2.28. The minimum absolute atomic E-state index is 0.0983. The van der Waals surface area contributed by atoms with E-state index in [1.807, 2.05) is 7.05 Å². The van der Waals surface area contributed by atoms with Gasteiger partial charge in [0, 0.05) is 7.05 Å². The molecule has 3 rings (SSSR count). The number of hydrogen-bond donors (Lipinski definition) is 1. The predicted molar refractivity (Wildman–Crippen MR) is 77.8 cm³/mol. The van der Waals surface area contributed by atoms with Gasteiger partial charge in [0.1, 0.15) is 11.4 Å². The zero-order valence-corrected chi connectivity index (χ0v) is 12.2. The number of anilines is 1. The Hall–Kier alpha value is -2.04. The van der Waals surface area contributed by atoms with Gasteiger partial charge in [-0.1, -0.05) is 17.3 Å². The first-order chi connectivity index (χ1) is 9.55. The number of nitrogens with one attached hydrogen (secondary N) is 1. The first-order valence-electron chi connectivity index (χ1n) is 6.93. The lowest BCUT2D eigenvalue weighted by Crippen LogP contribution is -2.33. The Kier molecular flexibility index (Phi) is 3.12. The molecule has 0 saturated carbocycles. The Bertz CT molecular complexity index is 618. The van der Waals surface area contributed by atoms with Gasteiger partial charge < -0.3 is 10.1 Å². The van der Waals surface area contributed by atoms with Crippen molar-refractivity contribution >= 4 is 5.69 Å². The van der Waals surface area contributed by atoms with Gasteiger partial charge in [-0.3, -0.25) is 4.68 Å². The summed E-state index contributed by atoms with van der Waals surface area (Å²) in [5.74, 6) is 0.985. The van der Waals surface area contributed by atoms with E-state index in [2.05, 4.69) is 47.7 Å². The molecule has 0 spiro atoms. The average Bonchev–Trinajstić information content (AvgIpc) is 2.81. The van der Waals surface area contributed by atoms with Crippen molar-refractivity contribution in [3.05, 3.63) is 35.7 Å². The van der Waals surface area contributed by atoms with Crippen molar-refractivity contribution < 1.29 is 4.74 Å². The molecule has 0 amide bonds. The summed E-state index contributed by atoms with van der Waals surface area (Å²) in [6, 6.07) is 6.27. The maximum absolute atomic E-state index is 6.15. The van der Waals surface area contributed by atoms with E-state index in [4.69, 9.17) is 4.74 Å². The number of para-hydroxylation sites is 1. The molecule has 1 N–H and O–H groups in total. The van der Waals surface area contributed by atoms with Crippen LogP contribution in [0.5, 0.6) is 5.75 Å². The van der Waals surface area contributed by atoms with Gasteiger partial charge in [-0.15, -0.1) is 5.10 Å². The summed E-state index contributed by atoms with van der Waals surface area (Å²) in [7, 11) is 1.89. The fraction of sp³-hybridized carbons (Fsp3) is 0.467. The Morgan fingerprint density at radius 2 is 2.25 bits per heavy atom. The van der Waals surface area contributed by atoms with E-state index in [0.29, 0.717) is 6.54 Å². The molecule has 20 heavy (non-hydrogen) atoms. The van der Waals surface area contributed by atoms with Crippen LogP contribution in [0.1, 0.15) is 31.5 Å². The van der Waals surface area contributed by atoms with E-state index in [9.17, 15) is 0 Å². The molecule has 0 atom stereocenters. The maximum atomic E-state index is 6.15. The van der Waals surface area contributed by atoms with E-state index in [-0.39, 0.29) is 5.60 Å². The Morgan fingerprint density at radius 1 is 1.40 bits per heavy atom. The van der Waals surface area contributed by atoms with Crippen LogP contribution < -0.4 is 10.1 Å². The van der Waals surface area contributed by atoms with Crippen LogP contribution in [-0.2, 0) is 20.0 Å². The third-order valence-electron chi connectivity index (χ3n) is 3.74. The molecule has 5 nitrogen and oxygen atoms in total. The zero-order valence-electron chi connectivity index (χ0n) is 12.2. The van der Waals surface area contributed by atoms with Crippen molar-refractivity contribution in [2.24, 2.45) is 7.05 Å². The Balaban J connectivity index is 1.82. The highest BCUT2D eigenvalue weighted by atomic mass is 16.5. The van der Waals surface area contributed by atoms with Crippen molar-refractivity contribution in [2.45, 2.75) is 38.8 Å². The lowest BCUT2D eigenvalue weighted by atomic mass is 9.94. The minimum Gasteiger partial charge on any atom is -0.485 e. The fourth-order valence-electron chi connectivity index (χ4n) is 2.46. The summed E-state index contributed by atoms with van der Waals surface area (Å²) in [6.45, 7) is 4.96. The Labute approximate surface area is 118 Å². The second-order valence-electron chi connectivity index (χ2n) is 5.86. The highest BCUT2D eigenvalue weighted by Crippen LogP contribution is 2.38. The van der Waals surface area contributed by atoms with Crippen LogP contribution in [0.25, 0.3) is 0 Å². The molecule has 0 saturated heterocycles. The largest absolute Gasteiger partial charge is 0.485 e. The quantitative estimate of drug-likeness (QED) is 0.933. The van der Waals surface area contributed by atoms with E-state index >= 15 is 0 Å². The topological polar surface area (TPSA) is 52.0 Å². The van der Waals surface area contributed by atoms with Gasteiger partial charge >= 0.3 is 0 Å². The molecule has 1 aromatic carbocycles. The molecule has 0 radical (unpaired) electrons. The normalized spacial score (nSPS) is 16.4. The monoisotopic (exact) mass is 272 g/mol. The molecule has 1 aromatic heterocycles. The number of rotatable bonds is 3. The standard InChI is InChI=1S/C15H20N4O/c1-15(2)8-7-11-5-4-6-13(14(11)20-15)16-9-12-10-17-18-19(12)3/h4-6,10,16H,7-9H2,1-3H3. The molecule has 106 valence electrons. The van der Waals surface area contributed by atoms with Crippen molar-refractivity contribution in [1.29, 1.82) is 0 Å². The second kappa shape index (κ2) is 4.81. The smallest absolute Gasteiger partial charge is 0.146 e. The summed E-state index contributed by atoms with van der Waals surface area (Å²) in [5.41, 5.74) is 3.25. The highest BCUT2D eigenvalue weighted by molar-refractivity contribution is 5.61. The van der Waals surface area contributed by atoms with Crippen molar-refractivity contribution in [3.8, 4) is 5.75 Å². The van der Waals surface area contributed by atoms with E-state index in [1.54, 1.807) is 10.9 Å². The van der Waals surface area contributed by atoms with Crippen LogP contribution >= 0.6 is 0 Å². The zero-order chi connectivity index (χ0) is 14.2. The average molecular weight is 272 g/mol. The first-order valence-corrected chi connectivity index (χ1v) is 6.93. The van der Waals surface area contributed by atoms with Crippen LogP contribution in [0.15, 0.2) is 24.4 Å². The van der Waals surface area contributed by atoms with Crippen molar-refractivity contribution in [1.82, 2.24) is 15.0 Å². The van der Waals surface area contributed by atoms with E-state index < -0.39 is 0 Å². The van der Waals surface area contributed by atoms with Gasteiger partial charge in [0.05, 0.1) is 24.1 Å². The summed E-state index contributed by atoms with van der Waals surface area (Å²) in [4.78, 5) is 0. The van der Waals surface area contributed by atoms with Gasteiger partial charge in [-0.2, -0.15) is 0 Å². The van der Waals surface area contributed by atoms with Crippen LogP contribution in [0.3, 0.4) is 0 Å². The van der Waals surface area contributed by atoms with Crippen molar-refractivity contribution in [3.63, 3.8) is 0 Å². The third kappa shape index (κ3) is 2.48. The first kappa shape index (κ1) is 13.0. The lowest BCUT2D eigenvalue weighted by molar-refractivity contribution is 0.0856. The number of ether oxygens (including phenoxy) is 1. The molecule has 5 heteroatoms. The molecule has 0 unspecified atom stereocenters. The molecule has 1 aliphatic rings. The molecule has 1 aliphatic heterocycles. The predicted octanol–water partition coefficient (Wildman–Crippen LogP) is 2.53. The van der Waals surface area contributed by atoms with Crippen molar-refractivity contribution in [2.75, 3.05) is 5.32 Å². The maximum Gasteiger partial charge on any atom is 0.146 e. The fourth-order valence-corrected chi connectivity index (χ4v) is 2.46. The number of benzene rings is 1. The number of hydrogen-bond acceptors (Lipinski definition) is 4. The SMILES string of the molecule is Cn1nncc1CNc1cccc2c1OC(C)(C)CC2. The van der Waals surface area contributed by atoms with Gasteiger partial charge in [0.25, 0.3) is 0 Å². The number of aryl methyl sites for hydroxylation is 2. The van der Waals surface area contributed by atoms with Gasteiger partial charge in [-0.05, 0) is 38.3 Å². The lowest BCUT2D eigenvalue weighted by Gasteiger charge is -2.33. The minimum atomic E-state index is -0.0983. The van der Waals surface area contributed by atoms with E-state index in [1.165, 1.54) is 5.56 Å². The van der Waals surface area contributed by atoms with E-state index in [0.717, 1.165) is 30.0 Å². The summed E-state index contributed by atoms with van der Waals surface area (Å²) in [5, 5.41) is 11.2. The van der Waals surface area contributed by atoms with Gasteiger partial charge in [0.2, 0.25) is 0 Å². The molecule has 2 heterocycles. The number of nitrogens with zero attached hydrogens (tertiary/aromatic N) is 3.